The van der Waals surface area contributed by atoms with Crippen molar-refractivity contribution in [3.63, 3.8) is 0 Å². The van der Waals surface area contributed by atoms with Gasteiger partial charge in [-0.3, -0.25) is 9.52 Å². The Kier molecular flexibility index (Phi) is 4.38. The van der Waals surface area contributed by atoms with Crippen molar-refractivity contribution in [3.05, 3.63) is 53.1 Å². The van der Waals surface area contributed by atoms with E-state index in [-0.39, 0.29) is 21.7 Å². The Bertz CT molecular complexity index is 857. The van der Waals surface area contributed by atoms with E-state index in [2.05, 4.69) is 10.0 Å². The highest BCUT2D eigenvalue weighted by atomic mass is 35.5. The van der Waals surface area contributed by atoms with Crippen LogP contribution in [0, 0.1) is 0 Å². The third-order valence-corrected chi connectivity index (χ3v) is 5.78. The first-order chi connectivity index (χ1) is 11.4. The van der Waals surface area contributed by atoms with Gasteiger partial charge in [-0.25, -0.2) is 8.42 Å². The van der Waals surface area contributed by atoms with E-state index >= 15 is 0 Å². The van der Waals surface area contributed by atoms with Gasteiger partial charge in [-0.05, 0) is 49.2 Å². The zero-order chi connectivity index (χ0) is 17.3. The maximum Gasteiger partial charge on any atom is 0.255 e. The molecule has 0 atom stereocenters. The SMILES string of the molecule is O=C(Nc1c(O)cccc1Cl)c1ccc(NS(=O)(=O)C2CC2)cc1. The van der Waals surface area contributed by atoms with Gasteiger partial charge in [0.2, 0.25) is 10.0 Å². The van der Waals surface area contributed by atoms with E-state index in [1.807, 2.05) is 0 Å². The topological polar surface area (TPSA) is 95.5 Å². The number of benzene rings is 2. The van der Waals surface area contributed by atoms with E-state index in [0.717, 1.165) is 0 Å². The number of carbonyl (C=O) groups excluding carboxylic acids is 1. The van der Waals surface area contributed by atoms with Gasteiger partial charge in [0.05, 0.1) is 10.3 Å². The first kappa shape index (κ1) is 16.6. The summed E-state index contributed by atoms with van der Waals surface area (Å²) in [6.45, 7) is 0. The number of anilines is 2. The Balaban J connectivity index is 1.72. The Labute approximate surface area is 144 Å². The van der Waals surface area contributed by atoms with Gasteiger partial charge in [-0.2, -0.15) is 0 Å². The first-order valence-electron chi connectivity index (χ1n) is 7.27. The van der Waals surface area contributed by atoms with Gasteiger partial charge in [0.15, 0.2) is 0 Å². The molecule has 3 N–H and O–H groups in total. The predicted octanol–water partition coefficient (Wildman–Crippen LogP) is 3.20. The van der Waals surface area contributed by atoms with Crippen LogP contribution in [-0.2, 0) is 10.0 Å². The number of rotatable bonds is 5. The zero-order valence-corrected chi connectivity index (χ0v) is 14.1. The standard InChI is InChI=1S/C16H15ClN2O4S/c17-13-2-1-3-14(20)15(13)18-16(21)10-4-6-11(7-5-10)19-24(22,23)12-8-9-12/h1-7,12,19-20H,8-9H2,(H,18,21). The molecule has 0 aromatic heterocycles. The smallest absolute Gasteiger partial charge is 0.255 e. The van der Waals surface area contributed by atoms with E-state index in [4.69, 9.17) is 11.6 Å². The van der Waals surface area contributed by atoms with Crippen molar-refractivity contribution in [3.8, 4) is 5.75 Å². The average Bonchev–Trinajstić information content (AvgIpc) is 3.36. The van der Waals surface area contributed by atoms with Crippen molar-refractivity contribution in [2.24, 2.45) is 0 Å². The summed E-state index contributed by atoms with van der Waals surface area (Å²) in [5, 5.41) is 12.2. The molecule has 1 saturated carbocycles. The van der Waals surface area contributed by atoms with E-state index in [0.29, 0.717) is 24.1 Å². The molecule has 2 aromatic carbocycles. The molecule has 1 fully saturated rings. The summed E-state index contributed by atoms with van der Waals surface area (Å²) in [5.74, 6) is -0.598. The lowest BCUT2D eigenvalue weighted by Crippen LogP contribution is -2.17. The Morgan fingerprint density at radius 1 is 1.12 bits per heavy atom. The fourth-order valence-corrected chi connectivity index (χ4v) is 3.74. The van der Waals surface area contributed by atoms with Gasteiger partial charge < -0.3 is 10.4 Å². The number of amides is 1. The highest BCUT2D eigenvalue weighted by molar-refractivity contribution is 7.93. The predicted molar refractivity (Wildman–Crippen MR) is 93.1 cm³/mol. The van der Waals surface area contributed by atoms with Crippen LogP contribution in [0.1, 0.15) is 23.2 Å². The van der Waals surface area contributed by atoms with Gasteiger partial charge in [-0.1, -0.05) is 17.7 Å². The van der Waals surface area contributed by atoms with Gasteiger partial charge >= 0.3 is 0 Å². The second-order valence-electron chi connectivity index (χ2n) is 5.51. The average molecular weight is 367 g/mol. The molecule has 1 aliphatic carbocycles. The zero-order valence-electron chi connectivity index (χ0n) is 12.5. The first-order valence-corrected chi connectivity index (χ1v) is 9.20. The number of phenols is 1. The van der Waals surface area contributed by atoms with Crippen molar-refractivity contribution in [1.29, 1.82) is 0 Å². The highest BCUT2D eigenvalue weighted by Gasteiger charge is 2.35. The van der Waals surface area contributed by atoms with Crippen molar-refractivity contribution >= 4 is 38.9 Å². The van der Waals surface area contributed by atoms with Crippen LogP contribution < -0.4 is 10.0 Å². The molecule has 6 nitrogen and oxygen atoms in total. The van der Waals surface area contributed by atoms with E-state index in [9.17, 15) is 18.3 Å². The van der Waals surface area contributed by atoms with Crippen LogP contribution in [0.5, 0.6) is 5.75 Å². The van der Waals surface area contributed by atoms with Crippen LogP contribution in [0.2, 0.25) is 5.02 Å². The normalized spacial score (nSPS) is 14.2. The minimum atomic E-state index is -3.33. The minimum absolute atomic E-state index is 0.127. The van der Waals surface area contributed by atoms with Crippen molar-refractivity contribution in [2.75, 3.05) is 10.0 Å². The molecule has 0 spiro atoms. The number of carbonyl (C=O) groups is 1. The Hall–Kier alpha value is -2.25. The highest BCUT2D eigenvalue weighted by Crippen LogP contribution is 2.32. The van der Waals surface area contributed by atoms with Crippen LogP contribution >= 0.6 is 11.6 Å². The van der Waals surface area contributed by atoms with Crippen molar-refractivity contribution < 1.29 is 18.3 Å². The molecule has 126 valence electrons. The lowest BCUT2D eigenvalue weighted by molar-refractivity contribution is 0.102. The summed E-state index contributed by atoms with van der Waals surface area (Å²) in [4.78, 5) is 12.2. The van der Waals surface area contributed by atoms with Crippen LogP contribution in [-0.4, -0.2) is 24.7 Å². The number of hydrogen-bond donors (Lipinski definition) is 3. The van der Waals surface area contributed by atoms with E-state index in [1.54, 1.807) is 12.1 Å². The molecule has 0 bridgehead atoms. The number of hydrogen-bond acceptors (Lipinski definition) is 4. The summed E-state index contributed by atoms with van der Waals surface area (Å²) in [5.41, 5.74) is 0.838. The molecule has 0 heterocycles. The molecule has 0 radical (unpaired) electrons. The molecule has 3 rings (SSSR count). The second kappa shape index (κ2) is 6.33. The van der Waals surface area contributed by atoms with Gasteiger partial charge in [0.1, 0.15) is 11.4 Å². The summed E-state index contributed by atoms with van der Waals surface area (Å²) in [7, 11) is -3.33. The fraction of sp³-hybridized carbons (Fsp3) is 0.188. The number of aromatic hydroxyl groups is 1. The Morgan fingerprint density at radius 2 is 1.79 bits per heavy atom. The molecule has 0 unspecified atom stereocenters. The maximum absolute atomic E-state index is 12.2. The monoisotopic (exact) mass is 366 g/mol. The maximum atomic E-state index is 12.2. The second-order valence-corrected chi connectivity index (χ2v) is 7.88. The third kappa shape index (κ3) is 3.63. The van der Waals surface area contributed by atoms with Crippen molar-refractivity contribution in [2.45, 2.75) is 18.1 Å². The van der Waals surface area contributed by atoms with Gasteiger partial charge in [0, 0.05) is 11.3 Å². The minimum Gasteiger partial charge on any atom is -0.506 e. The van der Waals surface area contributed by atoms with Crippen LogP contribution in [0.3, 0.4) is 0 Å². The number of para-hydroxylation sites is 1. The molecule has 8 heteroatoms. The number of nitrogens with one attached hydrogen (secondary N) is 2. The summed E-state index contributed by atoms with van der Waals surface area (Å²) in [6.07, 6.45) is 1.36. The van der Waals surface area contributed by atoms with Crippen molar-refractivity contribution in [1.82, 2.24) is 0 Å². The Morgan fingerprint density at radius 3 is 2.38 bits per heavy atom. The molecule has 0 saturated heterocycles. The largest absolute Gasteiger partial charge is 0.506 e. The lowest BCUT2D eigenvalue weighted by atomic mass is 10.2. The van der Waals surface area contributed by atoms with Gasteiger partial charge in [0.25, 0.3) is 5.91 Å². The number of phenolic OH excluding ortho intramolecular Hbond substituents is 1. The van der Waals surface area contributed by atoms with E-state index < -0.39 is 15.9 Å². The summed E-state index contributed by atoms with van der Waals surface area (Å²) < 4.78 is 26.2. The van der Waals surface area contributed by atoms with E-state index in [1.165, 1.54) is 30.3 Å². The molecule has 24 heavy (non-hydrogen) atoms. The van der Waals surface area contributed by atoms with Crippen LogP contribution in [0.4, 0.5) is 11.4 Å². The summed E-state index contributed by atoms with van der Waals surface area (Å²) in [6, 6.07) is 10.5. The number of sulfonamides is 1. The van der Waals surface area contributed by atoms with Gasteiger partial charge in [-0.15, -0.1) is 0 Å². The molecular formula is C16H15ClN2O4S. The molecule has 1 aliphatic rings. The fourth-order valence-electron chi connectivity index (χ4n) is 2.14. The van der Waals surface area contributed by atoms with Crippen LogP contribution in [0.25, 0.3) is 0 Å². The quantitative estimate of drug-likeness (QED) is 0.708. The number of halogens is 1. The molecular weight excluding hydrogens is 352 g/mol. The third-order valence-electron chi connectivity index (χ3n) is 3.60. The summed E-state index contributed by atoms with van der Waals surface area (Å²) >= 11 is 5.94. The van der Waals surface area contributed by atoms with Crippen LogP contribution in [0.15, 0.2) is 42.5 Å². The molecule has 0 aliphatic heterocycles. The lowest BCUT2D eigenvalue weighted by Gasteiger charge is -2.10. The molecule has 2 aromatic rings. The molecule has 1 amide bonds.